The van der Waals surface area contributed by atoms with Crippen LogP contribution in [0, 0.1) is 11.6 Å². The van der Waals surface area contributed by atoms with Crippen LogP contribution in [0.25, 0.3) is 0 Å². The summed E-state index contributed by atoms with van der Waals surface area (Å²) in [6.45, 7) is 0. The molecule has 3 rings (SSSR count). The summed E-state index contributed by atoms with van der Waals surface area (Å²) in [5.41, 5.74) is 1.97. The third kappa shape index (κ3) is 3.23. The highest BCUT2D eigenvalue weighted by atomic mass is 19.2. The van der Waals surface area contributed by atoms with Gasteiger partial charge in [-0.15, -0.1) is 0 Å². The van der Waals surface area contributed by atoms with Crippen molar-refractivity contribution in [1.29, 1.82) is 0 Å². The lowest BCUT2D eigenvalue weighted by Crippen LogP contribution is -2.30. The predicted molar refractivity (Wildman–Crippen MR) is 81.4 cm³/mol. The van der Waals surface area contributed by atoms with Gasteiger partial charge in [-0.05, 0) is 30.5 Å². The van der Waals surface area contributed by atoms with Crippen molar-refractivity contribution in [2.24, 2.45) is 0 Å². The Morgan fingerprint density at radius 3 is 2.38 bits per heavy atom. The van der Waals surface area contributed by atoms with E-state index in [1.807, 2.05) is 6.07 Å². The number of nitrogens with one attached hydrogen (secondary N) is 1. The second-order valence-corrected chi connectivity index (χ2v) is 5.68. The maximum absolute atomic E-state index is 13.3. The summed E-state index contributed by atoms with van der Waals surface area (Å²) < 4.78 is 26.4. The lowest BCUT2D eigenvalue weighted by atomic mass is 9.80. The standard InChI is InChI=1S/C18H19F2N/c19-16-11-10-14(12-17(16)20)21-18-9-5-4-8-15(18)13-6-2-1-3-7-13/h1-3,6-7,10-12,15,18,21H,4-5,8-9H2. The van der Waals surface area contributed by atoms with Crippen molar-refractivity contribution < 1.29 is 8.78 Å². The molecule has 0 heterocycles. The first kappa shape index (κ1) is 14.1. The van der Waals surface area contributed by atoms with E-state index in [-0.39, 0.29) is 6.04 Å². The zero-order chi connectivity index (χ0) is 14.7. The molecule has 2 aromatic rings. The first-order valence-electron chi connectivity index (χ1n) is 7.50. The molecule has 0 radical (unpaired) electrons. The highest BCUT2D eigenvalue weighted by Crippen LogP contribution is 2.35. The minimum absolute atomic E-state index is 0.269. The van der Waals surface area contributed by atoms with Gasteiger partial charge >= 0.3 is 0 Å². The van der Waals surface area contributed by atoms with Gasteiger partial charge < -0.3 is 5.32 Å². The Labute approximate surface area is 124 Å². The maximum Gasteiger partial charge on any atom is 0.160 e. The van der Waals surface area contributed by atoms with Crippen molar-refractivity contribution in [3.8, 4) is 0 Å². The molecule has 1 aliphatic carbocycles. The molecule has 0 saturated heterocycles. The number of halogens is 2. The second-order valence-electron chi connectivity index (χ2n) is 5.68. The molecule has 21 heavy (non-hydrogen) atoms. The fraction of sp³-hybridized carbons (Fsp3) is 0.333. The van der Waals surface area contributed by atoms with E-state index in [1.54, 1.807) is 6.07 Å². The lowest BCUT2D eigenvalue weighted by Gasteiger charge is -2.33. The fourth-order valence-corrected chi connectivity index (χ4v) is 3.20. The first-order valence-corrected chi connectivity index (χ1v) is 7.50. The minimum Gasteiger partial charge on any atom is -0.382 e. The summed E-state index contributed by atoms with van der Waals surface area (Å²) in [5.74, 6) is -1.18. The maximum atomic E-state index is 13.3. The van der Waals surface area contributed by atoms with Gasteiger partial charge in [-0.1, -0.05) is 43.2 Å². The van der Waals surface area contributed by atoms with Crippen LogP contribution >= 0.6 is 0 Å². The van der Waals surface area contributed by atoms with Crippen LogP contribution in [0.4, 0.5) is 14.5 Å². The molecule has 2 atom stereocenters. The summed E-state index contributed by atoms with van der Waals surface area (Å²) in [4.78, 5) is 0. The molecule has 110 valence electrons. The highest BCUT2D eigenvalue weighted by Gasteiger charge is 2.26. The molecule has 1 N–H and O–H groups in total. The van der Waals surface area contributed by atoms with E-state index in [0.29, 0.717) is 11.6 Å². The van der Waals surface area contributed by atoms with E-state index >= 15 is 0 Å². The van der Waals surface area contributed by atoms with E-state index in [0.717, 1.165) is 12.8 Å². The van der Waals surface area contributed by atoms with Crippen molar-refractivity contribution in [3.63, 3.8) is 0 Å². The molecule has 0 aromatic heterocycles. The van der Waals surface area contributed by atoms with Gasteiger partial charge in [0.2, 0.25) is 0 Å². The number of anilines is 1. The average Bonchev–Trinajstić information content (AvgIpc) is 2.52. The molecule has 1 saturated carbocycles. The Hall–Kier alpha value is -1.90. The summed E-state index contributed by atoms with van der Waals surface area (Å²) in [7, 11) is 0. The Morgan fingerprint density at radius 2 is 1.62 bits per heavy atom. The van der Waals surface area contributed by atoms with Crippen LogP contribution in [0.1, 0.15) is 37.2 Å². The van der Waals surface area contributed by atoms with Crippen molar-refractivity contribution in [2.75, 3.05) is 5.32 Å². The van der Waals surface area contributed by atoms with Crippen molar-refractivity contribution in [1.82, 2.24) is 0 Å². The molecule has 0 bridgehead atoms. The van der Waals surface area contributed by atoms with Crippen molar-refractivity contribution >= 4 is 5.69 Å². The summed E-state index contributed by atoms with van der Waals surface area (Å²) in [5, 5.41) is 3.39. The molecule has 2 aromatic carbocycles. The van der Waals surface area contributed by atoms with Crippen molar-refractivity contribution in [2.45, 2.75) is 37.6 Å². The second kappa shape index (κ2) is 6.25. The van der Waals surface area contributed by atoms with Crippen LogP contribution in [0.3, 0.4) is 0 Å². The third-order valence-electron chi connectivity index (χ3n) is 4.27. The zero-order valence-electron chi connectivity index (χ0n) is 11.9. The van der Waals surface area contributed by atoms with Gasteiger partial charge in [0.05, 0.1) is 0 Å². The van der Waals surface area contributed by atoms with Crippen LogP contribution in [-0.4, -0.2) is 6.04 Å². The Balaban J connectivity index is 1.79. The van der Waals surface area contributed by atoms with E-state index < -0.39 is 11.6 Å². The molecule has 3 heteroatoms. The fourth-order valence-electron chi connectivity index (χ4n) is 3.20. The minimum atomic E-state index is -0.802. The molecule has 1 nitrogen and oxygen atoms in total. The SMILES string of the molecule is Fc1ccc(NC2CCCCC2c2ccccc2)cc1F. The van der Waals surface area contributed by atoms with Gasteiger partial charge in [0.1, 0.15) is 0 Å². The molecule has 2 unspecified atom stereocenters. The topological polar surface area (TPSA) is 12.0 Å². The molecule has 1 aliphatic rings. The summed E-state index contributed by atoms with van der Waals surface area (Å²) >= 11 is 0. The normalized spacial score (nSPS) is 22.0. The molecule has 1 fully saturated rings. The van der Waals surface area contributed by atoms with Gasteiger partial charge in [0.25, 0.3) is 0 Å². The number of hydrogen-bond acceptors (Lipinski definition) is 1. The molecule has 0 aliphatic heterocycles. The smallest absolute Gasteiger partial charge is 0.160 e. The Bertz CT molecular complexity index is 597. The van der Waals surface area contributed by atoms with Gasteiger partial charge in [-0.25, -0.2) is 8.78 Å². The van der Waals surface area contributed by atoms with Gasteiger partial charge in [-0.3, -0.25) is 0 Å². The number of rotatable bonds is 3. The van der Waals surface area contributed by atoms with Crippen LogP contribution in [0.15, 0.2) is 48.5 Å². The van der Waals surface area contributed by atoms with E-state index in [2.05, 4.69) is 29.6 Å². The van der Waals surface area contributed by atoms with Gasteiger partial charge in [0, 0.05) is 23.7 Å². The average molecular weight is 287 g/mol. The third-order valence-corrected chi connectivity index (χ3v) is 4.27. The molecular formula is C18H19F2N. The largest absolute Gasteiger partial charge is 0.382 e. The Kier molecular flexibility index (Phi) is 4.18. The van der Waals surface area contributed by atoms with Crippen molar-refractivity contribution in [3.05, 3.63) is 65.7 Å². The van der Waals surface area contributed by atoms with E-state index in [1.165, 1.54) is 30.5 Å². The lowest BCUT2D eigenvalue weighted by molar-refractivity contribution is 0.405. The summed E-state index contributed by atoms with van der Waals surface area (Å²) in [6.07, 6.45) is 4.57. The zero-order valence-corrected chi connectivity index (χ0v) is 11.9. The molecule has 0 amide bonds. The highest BCUT2D eigenvalue weighted by molar-refractivity contribution is 5.45. The van der Waals surface area contributed by atoms with E-state index in [4.69, 9.17) is 0 Å². The number of hydrogen-bond donors (Lipinski definition) is 1. The first-order chi connectivity index (χ1) is 10.2. The number of benzene rings is 2. The van der Waals surface area contributed by atoms with Crippen LogP contribution in [0.5, 0.6) is 0 Å². The molecular weight excluding hydrogens is 268 g/mol. The van der Waals surface area contributed by atoms with Gasteiger partial charge in [0.15, 0.2) is 11.6 Å². The molecule has 0 spiro atoms. The van der Waals surface area contributed by atoms with Crippen LogP contribution in [0.2, 0.25) is 0 Å². The monoisotopic (exact) mass is 287 g/mol. The van der Waals surface area contributed by atoms with E-state index in [9.17, 15) is 8.78 Å². The van der Waals surface area contributed by atoms with Gasteiger partial charge in [-0.2, -0.15) is 0 Å². The van der Waals surface area contributed by atoms with Crippen LogP contribution < -0.4 is 5.32 Å². The summed E-state index contributed by atoms with van der Waals surface area (Å²) in [6, 6.07) is 14.7. The predicted octanol–water partition coefficient (Wildman–Crippen LogP) is 5.10. The Morgan fingerprint density at radius 1 is 0.857 bits per heavy atom. The quantitative estimate of drug-likeness (QED) is 0.827. The van der Waals surface area contributed by atoms with Crippen LogP contribution in [-0.2, 0) is 0 Å².